The zero-order valence-electron chi connectivity index (χ0n) is 7.37. The Morgan fingerprint density at radius 3 is 2.71 bits per heavy atom. The van der Waals surface area contributed by atoms with Crippen molar-refractivity contribution in [3.63, 3.8) is 0 Å². The number of hydrogen-bond donors (Lipinski definition) is 1. The molecule has 0 bridgehead atoms. The average Bonchev–Trinajstić information content (AvgIpc) is 2.16. The van der Waals surface area contributed by atoms with Crippen molar-refractivity contribution in [3.05, 3.63) is 46.3 Å². The molecule has 1 rings (SSSR count). The maximum Gasteiger partial charge on any atom is 0.272 e. The van der Waals surface area contributed by atoms with Gasteiger partial charge in [-0.1, -0.05) is 6.58 Å². The Bertz CT molecular complexity index is 390. The van der Waals surface area contributed by atoms with Crippen molar-refractivity contribution in [1.29, 1.82) is 0 Å². The highest BCUT2D eigenvalue weighted by Gasteiger charge is 2.11. The number of nitrogens with zero attached hydrogens (tertiary/aromatic N) is 1. The molecule has 1 aromatic rings. The molecule has 0 atom stereocenters. The summed E-state index contributed by atoms with van der Waals surface area (Å²) >= 11 is 0. The van der Waals surface area contributed by atoms with Crippen molar-refractivity contribution in [2.75, 3.05) is 6.54 Å². The van der Waals surface area contributed by atoms with Crippen LogP contribution >= 0.6 is 0 Å². The van der Waals surface area contributed by atoms with E-state index in [1.165, 1.54) is 12.1 Å². The van der Waals surface area contributed by atoms with Gasteiger partial charge < -0.3 is 5.73 Å². The molecule has 14 heavy (non-hydrogen) atoms. The van der Waals surface area contributed by atoms with Crippen LogP contribution in [-0.2, 0) is 0 Å². The summed E-state index contributed by atoms with van der Waals surface area (Å²) in [6.45, 7) is 3.66. The molecule has 0 saturated heterocycles. The van der Waals surface area contributed by atoms with E-state index in [-0.39, 0.29) is 17.8 Å². The van der Waals surface area contributed by atoms with Crippen LogP contribution in [-0.4, -0.2) is 11.5 Å². The lowest BCUT2D eigenvalue weighted by Crippen LogP contribution is -2.03. The Balaban J connectivity index is 3.14. The van der Waals surface area contributed by atoms with Crippen molar-refractivity contribution >= 4 is 11.3 Å². The molecule has 0 spiro atoms. The van der Waals surface area contributed by atoms with Crippen molar-refractivity contribution in [2.45, 2.75) is 0 Å². The molecule has 74 valence electrons. The molecule has 0 heterocycles. The molecule has 0 radical (unpaired) electrons. The van der Waals surface area contributed by atoms with Crippen LogP contribution in [0, 0.1) is 15.9 Å². The molecule has 5 heteroatoms. The summed E-state index contributed by atoms with van der Waals surface area (Å²) in [6.07, 6.45) is 0. The Labute approximate surface area is 80.0 Å². The number of non-ortho nitro benzene ring substituents is 1. The van der Waals surface area contributed by atoms with Gasteiger partial charge in [-0.15, -0.1) is 0 Å². The SMILES string of the molecule is C=C(CN)c1ccc([N+](=O)[O-])cc1F. The largest absolute Gasteiger partial charge is 0.326 e. The van der Waals surface area contributed by atoms with Gasteiger partial charge in [-0.25, -0.2) is 4.39 Å². The van der Waals surface area contributed by atoms with Gasteiger partial charge in [0, 0.05) is 18.2 Å². The molecule has 0 unspecified atom stereocenters. The minimum absolute atomic E-state index is 0.120. The third-order valence-electron chi connectivity index (χ3n) is 1.79. The van der Waals surface area contributed by atoms with Crippen LogP contribution in [0.15, 0.2) is 24.8 Å². The van der Waals surface area contributed by atoms with E-state index in [0.717, 1.165) is 6.07 Å². The Morgan fingerprint density at radius 2 is 2.29 bits per heavy atom. The summed E-state index contributed by atoms with van der Waals surface area (Å²) in [5.74, 6) is -0.672. The van der Waals surface area contributed by atoms with Gasteiger partial charge >= 0.3 is 0 Å². The molecular weight excluding hydrogens is 187 g/mol. The summed E-state index contributed by atoms with van der Waals surface area (Å²) in [7, 11) is 0. The third-order valence-corrected chi connectivity index (χ3v) is 1.79. The van der Waals surface area contributed by atoms with Crippen LogP contribution in [0.4, 0.5) is 10.1 Å². The van der Waals surface area contributed by atoms with Crippen molar-refractivity contribution < 1.29 is 9.31 Å². The van der Waals surface area contributed by atoms with Crippen molar-refractivity contribution in [2.24, 2.45) is 5.73 Å². The van der Waals surface area contributed by atoms with Crippen LogP contribution in [0.5, 0.6) is 0 Å². The molecular formula is C9H9FN2O2. The van der Waals surface area contributed by atoms with Crippen molar-refractivity contribution in [3.8, 4) is 0 Å². The second kappa shape index (κ2) is 3.97. The van der Waals surface area contributed by atoms with E-state index in [1.54, 1.807) is 0 Å². The maximum absolute atomic E-state index is 13.2. The van der Waals surface area contributed by atoms with E-state index in [1.807, 2.05) is 0 Å². The van der Waals surface area contributed by atoms with Gasteiger partial charge in [0.05, 0.1) is 11.0 Å². The summed E-state index contributed by atoms with van der Waals surface area (Å²) in [5.41, 5.74) is 5.62. The van der Waals surface area contributed by atoms with Crippen LogP contribution in [0.1, 0.15) is 5.56 Å². The first-order valence-electron chi connectivity index (χ1n) is 3.88. The van der Waals surface area contributed by atoms with E-state index in [4.69, 9.17) is 5.73 Å². The van der Waals surface area contributed by atoms with Crippen LogP contribution in [0.2, 0.25) is 0 Å². The molecule has 2 N–H and O–H groups in total. The quantitative estimate of drug-likeness (QED) is 0.591. The van der Waals surface area contributed by atoms with Gasteiger partial charge in [-0.05, 0) is 11.6 Å². The zero-order chi connectivity index (χ0) is 10.7. The standard InChI is InChI=1S/C9H9FN2O2/c1-6(5-11)8-3-2-7(12(13)14)4-9(8)10/h2-4H,1,5,11H2. The Kier molecular flexibility index (Phi) is 2.93. The lowest BCUT2D eigenvalue weighted by Gasteiger charge is -2.03. The van der Waals surface area contributed by atoms with Gasteiger partial charge in [0.25, 0.3) is 5.69 Å². The van der Waals surface area contributed by atoms with Crippen molar-refractivity contribution in [1.82, 2.24) is 0 Å². The summed E-state index contributed by atoms with van der Waals surface area (Å²) in [4.78, 5) is 9.64. The molecule has 0 aromatic heterocycles. The molecule has 4 nitrogen and oxygen atoms in total. The second-order valence-electron chi connectivity index (χ2n) is 2.73. The lowest BCUT2D eigenvalue weighted by molar-refractivity contribution is -0.385. The number of nitro groups is 1. The monoisotopic (exact) mass is 196 g/mol. The highest BCUT2D eigenvalue weighted by Crippen LogP contribution is 2.20. The molecule has 0 aliphatic rings. The third kappa shape index (κ3) is 1.94. The number of hydrogen-bond acceptors (Lipinski definition) is 3. The van der Waals surface area contributed by atoms with E-state index >= 15 is 0 Å². The van der Waals surface area contributed by atoms with Gasteiger partial charge in [0.15, 0.2) is 0 Å². The molecule has 0 aliphatic heterocycles. The van der Waals surface area contributed by atoms with Gasteiger partial charge in [0.2, 0.25) is 0 Å². The number of halogens is 1. The van der Waals surface area contributed by atoms with Gasteiger partial charge in [-0.3, -0.25) is 10.1 Å². The summed E-state index contributed by atoms with van der Waals surface area (Å²) < 4.78 is 13.2. The fourth-order valence-electron chi connectivity index (χ4n) is 1.01. The number of nitrogens with two attached hydrogens (primary N) is 1. The highest BCUT2D eigenvalue weighted by molar-refractivity contribution is 5.66. The average molecular weight is 196 g/mol. The minimum Gasteiger partial charge on any atom is -0.326 e. The summed E-state index contributed by atoms with van der Waals surface area (Å²) in [5, 5.41) is 10.3. The van der Waals surface area contributed by atoms with E-state index < -0.39 is 10.7 Å². The first kappa shape index (κ1) is 10.3. The molecule has 0 fully saturated rings. The molecule has 0 aliphatic carbocycles. The minimum atomic E-state index is -0.672. The number of benzene rings is 1. The fraction of sp³-hybridized carbons (Fsp3) is 0.111. The van der Waals surface area contributed by atoms with E-state index in [9.17, 15) is 14.5 Å². The fourth-order valence-corrected chi connectivity index (χ4v) is 1.01. The smallest absolute Gasteiger partial charge is 0.272 e. The topological polar surface area (TPSA) is 69.2 Å². The molecule has 0 saturated carbocycles. The second-order valence-corrected chi connectivity index (χ2v) is 2.73. The van der Waals surface area contributed by atoms with E-state index in [0.29, 0.717) is 5.57 Å². The maximum atomic E-state index is 13.2. The van der Waals surface area contributed by atoms with Crippen LogP contribution < -0.4 is 5.73 Å². The predicted molar refractivity (Wildman–Crippen MR) is 51.1 cm³/mol. The first-order valence-corrected chi connectivity index (χ1v) is 3.88. The Hall–Kier alpha value is -1.75. The highest BCUT2D eigenvalue weighted by atomic mass is 19.1. The Morgan fingerprint density at radius 1 is 1.64 bits per heavy atom. The lowest BCUT2D eigenvalue weighted by atomic mass is 10.1. The normalized spacial score (nSPS) is 9.86. The van der Waals surface area contributed by atoms with Crippen LogP contribution in [0.25, 0.3) is 5.57 Å². The molecule has 1 aromatic carbocycles. The van der Waals surface area contributed by atoms with Crippen LogP contribution in [0.3, 0.4) is 0 Å². The van der Waals surface area contributed by atoms with Gasteiger partial charge in [-0.2, -0.15) is 0 Å². The number of nitro benzene ring substituents is 1. The summed E-state index contributed by atoms with van der Waals surface area (Å²) in [6, 6.07) is 3.39. The number of rotatable bonds is 3. The van der Waals surface area contributed by atoms with Gasteiger partial charge in [0.1, 0.15) is 5.82 Å². The zero-order valence-corrected chi connectivity index (χ0v) is 7.37. The molecule has 0 amide bonds. The first-order chi connectivity index (χ1) is 6.56. The predicted octanol–water partition coefficient (Wildman–Crippen LogP) is 1.71. The van der Waals surface area contributed by atoms with E-state index in [2.05, 4.69) is 6.58 Å².